The first-order chi connectivity index (χ1) is 13.3. The lowest BCUT2D eigenvalue weighted by atomic mass is 10.3. The highest BCUT2D eigenvalue weighted by Crippen LogP contribution is 2.19. The lowest BCUT2D eigenvalue weighted by molar-refractivity contribution is 0.0950. The molecule has 0 spiro atoms. The molecule has 1 aliphatic rings. The molecule has 2 N–H and O–H groups in total. The van der Waals surface area contributed by atoms with Gasteiger partial charge in [0.2, 0.25) is 0 Å². The van der Waals surface area contributed by atoms with Gasteiger partial charge in [0, 0.05) is 32.2 Å². The van der Waals surface area contributed by atoms with Gasteiger partial charge in [-0.25, -0.2) is 15.0 Å². The fourth-order valence-corrected chi connectivity index (χ4v) is 3.09. The number of para-hydroxylation sites is 2. The number of carbonyl (C=O) groups is 1. The Morgan fingerprint density at radius 3 is 2.70 bits per heavy atom. The normalized spacial score (nSPS) is 13.7. The third kappa shape index (κ3) is 4.11. The fourth-order valence-electron chi connectivity index (χ4n) is 3.09. The van der Waals surface area contributed by atoms with Crippen LogP contribution >= 0.6 is 0 Å². The molecule has 8 heteroatoms. The maximum atomic E-state index is 12.3. The lowest BCUT2D eigenvalue weighted by Crippen LogP contribution is -2.29. The van der Waals surface area contributed by atoms with Gasteiger partial charge in [-0.2, -0.15) is 0 Å². The molecule has 2 aromatic heterocycles. The van der Waals surface area contributed by atoms with E-state index in [1.807, 2.05) is 30.3 Å². The number of fused-ring (bicyclic) bond motifs is 1. The minimum atomic E-state index is -0.240. The zero-order valence-electron chi connectivity index (χ0n) is 14.9. The number of hydrogen-bond donors (Lipinski definition) is 2. The zero-order chi connectivity index (χ0) is 18.5. The molecular formula is C19H21N7O. The average molecular weight is 363 g/mol. The molecule has 1 fully saturated rings. The minimum absolute atomic E-state index is 0.240. The maximum Gasteiger partial charge on any atom is 0.271 e. The molecule has 0 atom stereocenters. The van der Waals surface area contributed by atoms with Gasteiger partial charge in [0.05, 0.1) is 17.2 Å². The molecule has 0 bridgehead atoms. The Labute approximate surface area is 157 Å². The Balaban J connectivity index is 1.29. The van der Waals surface area contributed by atoms with Crippen molar-refractivity contribution in [1.82, 2.24) is 25.3 Å². The number of rotatable bonds is 6. The summed E-state index contributed by atoms with van der Waals surface area (Å²) in [6, 6.07) is 9.42. The van der Waals surface area contributed by atoms with Crippen LogP contribution in [0.1, 0.15) is 23.3 Å². The third-order valence-electron chi connectivity index (χ3n) is 4.48. The van der Waals surface area contributed by atoms with Crippen molar-refractivity contribution in [2.24, 2.45) is 0 Å². The summed E-state index contributed by atoms with van der Waals surface area (Å²) >= 11 is 0. The average Bonchev–Trinajstić information content (AvgIpc) is 3.26. The second-order valence-corrected chi connectivity index (χ2v) is 6.38. The summed E-state index contributed by atoms with van der Waals surface area (Å²) in [5.74, 6) is 1.46. The van der Waals surface area contributed by atoms with E-state index in [0.29, 0.717) is 24.3 Å². The molecule has 0 radical (unpaired) electrons. The molecule has 1 saturated heterocycles. The van der Waals surface area contributed by atoms with Crippen molar-refractivity contribution in [3.8, 4) is 0 Å². The molecular weight excluding hydrogens is 342 g/mol. The van der Waals surface area contributed by atoms with Crippen LogP contribution in [-0.2, 0) is 0 Å². The Morgan fingerprint density at radius 1 is 1.04 bits per heavy atom. The standard InChI is InChI=1S/C19H21N7O/c27-19(16-12-22-14-5-1-2-6-15(14)25-16)21-8-7-20-17-11-18(24-13-23-17)26-9-3-4-10-26/h1-2,5-6,11-13H,3-4,7-10H2,(H,21,27)(H,20,23,24). The van der Waals surface area contributed by atoms with E-state index in [1.165, 1.54) is 19.0 Å². The van der Waals surface area contributed by atoms with Crippen LogP contribution < -0.4 is 15.5 Å². The van der Waals surface area contributed by atoms with Gasteiger partial charge in [0.1, 0.15) is 23.7 Å². The van der Waals surface area contributed by atoms with E-state index in [1.54, 1.807) is 6.33 Å². The van der Waals surface area contributed by atoms with Crippen LogP contribution in [0.3, 0.4) is 0 Å². The molecule has 4 rings (SSSR count). The largest absolute Gasteiger partial charge is 0.368 e. The topological polar surface area (TPSA) is 95.9 Å². The second-order valence-electron chi connectivity index (χ2n) is 6.38. The summed E-state index contributed by atoms with van der Waals surface area (Å²) < 4.78 is 0. The predicted molar refractivity (Wildman–Crippen MR) is 104 cm³/mol. The SMILES string of the molecule is O=C(NCCNc1cc(N2CCCC2)ncn1)c1cnc2ccccc2n1. The van der Waals surface area contributed by atoms with E-state index in [-0.39, 0.29) is 5.91 Å². The number of aromatic nitrogens is 4. The molecule has 3 heterocycles. The molecule has 3 aromatic rings. The van der Waals surface area contributed by atoms with Crippen LogP contribution in [0.25, 0.3) is 11.0 Å². The molecule has 138 valence electrons. The van der Waals surface area contributed by atoms with E-state index in [2.05, 4.69) is 35.5 Å². The summed E-state index contributed by atoms with van der Waals surface area (Å²) in [5.41, 5.74) is 1.79. The van der Waals surface area contributed by atoms with Crippen LogP contribution in [0, 0.1) is 0 Å². The van der Waals surface area contributed by atoms with Crippen molar-refractivity contribution in [1.29, 1.82) is 0 Å². The molecule has 27 heavy (non-hydrogen) atoms. The smallest absolute Gasteiger partial charge is 0.271 e. The van der Waals surface area contributed by atoms with E-state index in [0.717, 1.165) is 30.2 Å². The van der Waals surface area contributed by atoms with Crippen molar-refractivity contribution >= 4 is 28.6 Å². The first-order valence-electron chi connectivity index (χ1n) is 9.10. The summed E-state index contributed by atoms with van der Waals surface area (Å²) in [6.45, 7) is 3.10. The van der Waals surface area contributed by atoms with Crippen LogP contribution in [0.5, 0.6) is 0 Å². The molecule has 1 aliphatic heterocycles. The third-order valence-corrected chi connectivity index (χ3v) is 4.48. The number of carbonyl (C=O) groups excluding carboxylic acids is 1. The highest BCUT2D eigenvalue weighted by molar-refractivity contribution is 5.93. The Bertz CT molecular complexity index is 940. The Morgan fingerprint density at radius 2 is 1.85 bits per heavy atom. The van der Waals surface area contributed by atoms with Crippen LogP contribution in [0.2, 0.25) is 0 Å². The first-order valence-corrected chi connectivity index (χ1v) is 9.10. The number of nitrogens with one attached hydrogen (secondary N) is 2. The number of nitrogens with zero attached hydrogens (tertiary/aromatic N) is 5. The van der Waals surface area contributed by atoms with Crippen molar-refractivity contribution in [3.63, 3.8) is 0 Å². The summed E-state index contributed by atoms with van der Waals surface area (Å²) in [4.78, 5) is 31.7. The molecule has 8 nitrogen and oxygen atoms in total. The number of benzene rings is 1. The maximum absolute atomic E-state index is 12.3. The van der Waals surface area contributed by atoms with E-state index >= 15 is 0 Å². The summed E-state index contributed by atoms with van der Waals surface area (Å²) in [6.07, 6.45) is 5.48. The van der Waals surface area contributed by atoms with Gasteiger partial charge in [0.25, 0.3) is 5.91 Å². The van der Waals surface area contributed by atoms with Gasteiger partial charge in [-0.3, -0.25) is 9.78 Å². The van der Waals surface area contributed by atoms with Gasteiger partial charge in [-0.1, -0.05) is 12.1 Å². The van der Waals surface area contributed by atoms with Crippen molar-refractivity contribution in [2.45, 2.75) is 12.8 Å². The van der Waals surface area contributed by atoms with Gasteiger partial charge >= 0.3 is 0 Å². The number of amides is 1. The number of hydrogen-bond acceptors (Lipinski definition) is 7. The molecule has 0 aliphatic carbocycles. The molecule has 0 unspecified atom stereocenters. The van der Waals surface area contributed by atoms with Gasteiger partial charge in [0.15, 0.2) is 0 Å². The predicted octanol–water partition coefficient (Wildman–Crippen LogP) is 1.86. The first kappa shape index (κ1) is 17.1. The molecule has 1 amide bonds. The fraction of sp³-hybridized carbons (Fsp3) is 0.316. The monoisotopic (exact) mass is 363 g/mol. The summed E-state index contributed by atoms with van der Waals surface area (Å²) in [5, 5.41) is 6.06. The lowest BCUT2D eigenvalue weighted by Gasteiger charge is -2.16. The van der Waals surface area contributed by atoms with Crippen molar-refractivity contribution in [3.05, 3.63) is 48.5 Å². The van der Waals surface area contributed by atoms with Gasteiger partial charge < -0.3 is 15.5 Å². The second kappa shape index (κ2) is 7.94. The Kier molecular flexibility index (Phi) is 5.04. The van der Waals surface area contributed by atoms with Gasteiger partial charge in [-0.15, -0.1) is 0 Å². The quantitative estimate of drug-likeness (QED) is 0.645. The van der Waals surface area contributed by atoms with Crippen molar-refractivity contribution in [2.75, 3.05) is 36.4 Å². The van der Waals surface area contributed by atoms with E-state index < -0.39 is 0 Å². The Hall–Kier alpha value is -3.29. The van der Waals surface area contributed by atoms with Crippen LogP contribution in [-0.4, -0.2) is 52.0 Å². The summed E-state index contributed by atoms with van der Waals surface area (Å²) in [7, 11) is 0. The number of anilines is 2. The zero-order valence-corrected chi connectivity index (χ0v) is 14.9. The van der Waals surface area contributed by atoms with Crippen LogP contribution in [0.15, 0.2) is 42.9 Å². The van der Waals surface area contributed by atoms with Crippen molar-refractivity contribution < 1.29 is 4.79 Å². The highest BCUT2D eigenvalue weighted by atomic mass is 16.1. The molecule has 1 aromatic carbocycles. The van der Waals surface area contributed by atoms with Crippen LogP contribution in [0.4, 0.5) is 11.6 Å². The van der Waals surface area contributed by atoms with Gasteiger partial charge in [-0.05, 0) is 25.0 Å². The van der Waals surface area contributed by atoms with E-state index in [4.69, 9.17) is 0 Å². The minimum Gasteiger partial charge on any atom is -0.368 e. The highest BCUT2D eigenvalue weighted by Gasteiger charge is 2.14. The molecule has 0 saturated carbocycles. The van der Waals surface area contributed by atoms with E-state index in [9.17, 15) is 4.79 Å².